The van der Waals surface area contributed by atoms with Crippen LogP contribution in [0.3, 0.4) is 0 Å². The molecule has 3 aromatic rings. The Morgan fingerprint density at radius 1 is 1.03 bits per heavy atom. The lowest BCUT2D eigenvalue weighted by atomic mass is 10.0. The minimum atomic E-state index is -1.00. The van der Waals surface area contributed by atoms with Crippen molar-refractivity contribution >= 4 is 17.6 Å². The average Bonchev–Trinajstić information content (AvgIpc) is 3.34. The Balaban J connectivity index is 1.46. The number of hydrogen-bond acceptors (Lipinski definition) is 5. The number of nitrogens with two attached hydrogens (primary N) is 1. The summed E-state index contributed by atoms with van der Waals surface area (Å²) >= 11 is 0. The lowest BCUT2D eigenvalue weighted by Gasteiger charge is -2.26. The molecule has 2 heterocycles. The summed E-state index contributed by atoms with van der Waals surface area (Å²) in [5.41, 5.74) is 7.84. The molecule has 0 unspecified atom stereocenters. The number of halogens is 2. The second kappa shape index (κ2) is 11.7. The van der Waals surface area contributed by atoms with Gasteiger partial charge in [-0.1, -0.05) is 42.5 Å². The zero-order valence-electron chi connectivity index (χ0n) is 19.8. The summed E-state index contributed by atoms with van der Waals surface area (Å²) in [4.78, 5) is 32.5. The first-order chi connectivity index (χ1) is 17.4. The molecule has 36 heavy (non-hydrogen) atoms. The number of amides is 2. The molecule has 2 aromatic carbocycles. The third-order valence-electron chi connectivity index (χ3n) is 6.27. The SMILES string of the molecule is Nc1ccc(CNC(=O)[C@H](Cc2ccc(F)c(F)c2)NC(=O)[C@H]2CCCN2Cc2ccccc2)cn1. The van der Waals surface area contributed by atoms with Crippen molar-refractivity contribution in [3.05, 3.63) is 95.2 Å². The molecule has 2 amide bonds. The minimum Gasteiger partial charge on any atom is -0.384 e. The third-order valence-corrected chi connectivity index (χ3v) is 6.27. The van der Waals surface area contributed by atoms with Crippen molar-refractivity contribution in [3.63, 3.8) is 0 Å². The van der Waals surface area contributed by atoms with Crippen molar-refractivity contribution in [2.75, 3.05) is 12.3 Å². The standard InChI is InChI=1S/C27H29F2N5O2/c28-21-10-8-19(13-22(21)29)14-23(26(35)32-16-20-9-11-25(30)31-15-20)33-27(36)24-7-4-12-34(24)17-18-5-2-1-3-6-18/h1-3,5-6,8-11,13,15,23-24H,4,7,12,14,16-17H2,(H2,30,31)(H,32,35)(H,33,36)/t23-,24+/m0/s1. The second-order valence-electron chi connectivity index (χ2n) is 8.94. The second-order valence-corrected chi connectivity index (χ2v) is 8.94. The Hall–Kier alpha value is -3.85. The number of benzene rings is 2. The number of nitrogens with one attached hydrogen (secondary N) is 2. The molecule has 188 valence electrons. The summed E-state index contributed by atoms with van der Waals surface area (Å²) in [7, 11) is 0. The fourth-order valence-electron chi connectivity index (χ4n) is 4.36. The van der Waals surface area contributed by atoms with E-state index in [4.69, 9.17) is 5.73 Å². The van der Waals surface area contributed by atoms with Gasteiger partial charge in [0, 0.05) is 25.7 Å². The molecule has 1 aromatic heterocycles. The quantitative estimate of drug-likeness (QED) is 0.426. The molecule has 7 nitrogen and oxygen atoms in total. The van der Waals surface area contributed by atoms with Crippen LogP contribution in [0.15, 0.2) is 66.9 Å². The first-order valence-electron chi connectivity index (χ1n) is 11.9. The van der Waals surface area contributed by atoms with Crippen molar-refractivity contribution in [2.24, 2.45) is 0 Å². The Labute approximate surface area is 208 Å². The number of pyridine rings is 1. The van der Waals surface area contributed by atoms with Gasteiger partial charge in [0.15, 0.2) is 11.6 Å². The van der Waals surface area contributed by atoms with Gasteiger partial charge in [-0.3, -0.25) is 14.5 Å². The number of aromatic nitrogens is 1. The smallest absolute Gasteiger partial charge is 0.243 e. The topological polar surface area (TPSA) is 100 Å². The summed E-state index contributed by atoms with van der Waals surface area (Å²) in [5.74, 6) is -2.30. The van der Waals surface area contributed by atoms with E-state index in [-0.39, 0.29) is 24.9 Å². The molecular weight excluding hydrogens is 464 g/mol. The van der Waals surface area contributed by atoms with Crippen molar-refractivity contribution in [1.82, 2.24) is 20.5 Å². The molecule has 2 atom stereocenters. The van der Waals surface area contributed by atoms with E-state index in [1.807, 2.05) is 30.3 Å². The van der Waals surface area contributed by atoms with E-state index in [2.05, 4.69) is 20.5 Å². The number of nitrogen functional groups attached to an aromatic ring is 1. The predicted molar refractivity (Wildman–Crippen MR) is 132 cm³/mol. The van der Waals surface area contributed by atoms with E-state index in [0.29, 0.717) is 24.3 Å². The first kappa shape index (κ1) is 25.2. The Morgan fingerprint density at radius 3 is 2.53 bits per heavy atom. The van der Waals surface area contributed by atoms with Gasteiger partial charge in [0.05, 0.1) is 6.04 Å². The molecule has 1 fully saturated rings. The highest BCUT2D eigenvalue weighted by Crippen LogP contribution is 2.21. The number of anilines is 1. The van der Waals surface area contributed by atoms with Crippen LogP contribution in [0.4, 0.5) is 14.6 Å². The highest BCUT2D eigenvalue weighted by molar-refractivity contribution is 5.90. The highest BCUT2D eigenvalue weighted by Gasteiger charge is 2.33. The number of nitrogens with zero attached hydrogens (tertiary/aromatic N) is 2. The van der Waals surface area contributed by atoms with E-state index in [1.54, 1.807) is 18.3 Å². The van der Waals surface area contributed by atoms with Crippen LogP contribution in [-0.2, 0) is 29.1 Å². The van der Waals surface area contributed by atoms with Crippen LogP contribution < -0.4 is 16.4 Å². The summed E-state index contributed by atoms with van der Waals surface area (Å²) in [6.07, 6.45) is 3.11. The fourth-order valence-corrected chi connectivity index (χ4v) is 4.36. The Bertz CT molecular complexity index is 1190. The number of carbonyl (C=O) groups is 2. The lowest BCUT2D eigenvalue weighted by molar-refractivity contribution is -0.131. The van der Waals surface area contributed by atoms with E-state index in [1.165, 1.54) is 6.07 Å². The van der Waals surface area contributed by atoms with Gasteiger partial charge in [-0.2, -0.15) is 0 Å². The third kappa shape index (κ3) is 6.63. The number of carbonyl (C=O) groups excluding carboxylic acids is 2. The van der Waals surface area contributed by atoms with Gasteiger partial charge in [0.1, 0.15) is 11.9 Å². The molecule has 1 aliphatic rings. The summed E-state index contributed by atoms with van der Waals surface area (Å²) in [5, 5.41) is 5.65. The predicted octanol–water partition coefficient (Wildman–Crippen LogP) is 2.95. The van der Waals surface area contributed by atoms with Gasteiger partial charge >= 0.3 is 0 Å². The van der Waals surface area contributed by atoms with Crippen molar-refractivity contribution < 1.29 is 18.4 Å². The molecule has 1 aliphatic heterocycles. The van der Waals surface area contributed by atoms with Crippen LogP contribution >= 0.6 is 0 Å². The van der Waals surface area contributed by atoms with E-state index < -0.39 is 23.6 Å². The van der Waals surface area contributed by atoms with E-state index in [9.17, 15) is 18.4 Å². The van der Waals surface area contributed by atoms with Gasteiger partial charge in [-0.05, 0) is 54.3 Å². The monoisotopic (exact) mass is 493 g/mol. The maximum Gasteiger partial charge on any atom is 0.243 e. The van der Waals surface area contributed by atoms with Gasteiger partial charge in [-0.25, -0.2) is 13.8 Å². The average molecular weight is 494 g/mol. The van der Waals surface area contributed by atoms with Crippen molar-refractivity contribution in [1.29, 1.82) is 0 Å². The van der Waals surface area contributed by atoms with Crippen LogP contribution in [0.2, 0.25) is 0 Å². The molecule has 0 spiro atoms. The van der Waals surface area contributed by atoms with Crippen molar-refractivity contribution in [2.45, 2.75) is 44.4 Å². The molecule has 4 rings (SSSR count). The fraction of sp³-hybridized carbons (Fsp3) is 0.296. The van der Waals surface area contributed by atoms with Crippen LogP contribution in [0, 0.1) is 11.6 Å². The summed E-state index contributed by atoms with van der Waals surface area (Å²) in [6, 6.07) is 15.4. The normalized spacial score (nSPS) is 16.4. The molecule has 9 heteroatoms. The van der Waals surface area contributed by atoms with Gasteiger partial charge in [-0.15, -0.1) is 0 Å². The Kier molecular flexibility index (Phi) is 8.22. The van der Waals surface area contributed by atoms with Gasteiger partial charge in [0.2, 0.25) is 11.8 Å². The first-order valence-corrected chi connectivity index (χ1v) is 11.9. The zero-order valence-corrected chi connectivity index (χ0v) is 19.8. The van der Waals surface area contributed by atoms with Gasteiger partial charge in [0.25, 0.3) is 0 Å². The molecule has 0 bridgehead atoms. The summed E-state index contributed by atoms with van der Waals surface area (Å²) < 4.78 is 27.2. The van der Waals surface area contributed by atoms with Crippen molar-refractivity contribution in [3.8, 4) is 0 Å². The molecule has 0 radical (unpaired) electrons. The van der Waals surface area contributed by atoms with Gasteiger partial charge < -0.3 is 16.4 Å². The summed E-state index contributed by atoms with van der Waals surface area (Å²) in [6.45, 7) is 1.58. The van der Waals surface area contributed by atoms with E-state index in [0.717, 1.165) is 36.2 Å². The lowest BCUT2D eigenvalue weighted by Crippen LogP contribution is -2.52. The Morgan fingerprint density at radius 2 is 1.81 bits per heavy atom. The number of likely N-dealkylation sites (tertiary alicyclic amines) is 1. The maximum absolute atomic E-state index is 13.8. The van der Waals surface area contributed by atoms with Crippen LogP contribution in [0.5, 0.6) is 0 Å². The molecule has 1 saturated heterocycles. The maximum atomic E-state index is 13.8. The molecular formula is C27H29F2N5O2. The molecule has 4 N–H and O–H groups in total. The molecule has 0 aliphatic carbocycles. The van der Waals surface area contributed by atoms with Crippen LogP contribution in [0.25, 0.3) is 0 Å². The molecule has 0 saturated carbocycles. The van der Waals surface area contributed by atoms with Crippen LogP contribution in [-0.4, -0.2) is 40.3 Å². The highest BCUT2D eigenvalue weighted by atomic mass is 19.2. The zero-order chi connectivity index (χ0) is 25.5. The number of hydrogen-bond donors (Lipinski definition) is 3. The van der Waals surface area contributed by atoms with E-state index >= 15 is 0 Å². The minimum absolute atomic E-state index is 0.0141. The van der Waals surface area contributed by atoms with Crippen LogP contribution in [0.1, 0.15) is 29.5 Å². The largest absolute Gasteiger partial charge is 0.384 e. The number of rotatable bonds is 9.